The number of alkyl halides is 3. The van der Waals surface area contributed by atoms with E-state index in [-0.39, 0.29) is 17.4 Å². The summed E-state index contributed by atoms with van der Waals surface area (Å²) >= 11 is 0. The molecule has 0 radical (unpaired) electrons. The number of hydrogen-bond donors (Lipinski definition) is 0. The second-order valence-corrected chi connectivity index (χ2v) is 7.55. The lowest BCUT2D eigenvalue weighted by Crippen LogP contribution is -2.18. The molecule has 164 valence electrons. The van der Waals surface area contributed by atoms with E-state index in [0.717, 1.165) is 37.5 Å². The molecule has 1 fully saturated rings. The van der Waals surface area contributed by atoms with Crippen LogP contribution < -0.4 is 0 Å². The fourth-order valence-corrected chi connectivity index (χ4v) is 3.57. The van der Waals surface area contributed by atoms with Crippen LogP contribution in [0.2, 0.25) is 0 Å². The highest BCUT2D eigenvalue weighted by molar-refractivity contribution is 5.58. The van der Waals surface area contributed by atoms with Crippen molar-refractivity contribution in [3.05, 3.63) is 59.9 Å². The molecule has 1 aliphatic heterocycles. The van der Waals surface area contributed by atoms with Crippen LogP contribution in [0.3, 0.4) is 0 Å². The fourth-order valence-electron chi connectivity index (χ4n) is 3.57. The highest BCUT2D eigenvalue weighted by Crippen LogP contribution is 2.29. The van der Waals surface area contributed by atoms with Crippen LogP contribution >= 0.6 is 0 Å². The molecular formula is C21H18F3N7O. The standard InChI is InChI=1S/C21H18F3N7O/c22-21(23,24)16-7-8-18(25-11-16)31-13-17(27-29-31)20-26-19(28-32-20)15-5-3-14(4-6-15)12-30-9-1-2-10-30/h3-8,11,13H,1-2,9-10,12H2. The molecule has 4 heterocycles. The molecule has 0 spiro atoms. The Hall–Kier alpha value is -3.60. The molecule has 5 rings (SSSR count). The Morgan fingerprint density at radius 3 is 2.47 bits per heavy atom. The van der Waals surface area contributed by atoms with Gasteiger partial charge in [-0.15, -0.1) is 5.10 Å². The summed E-state index contributed by atoms with van der Waals surface area (Å²) in [5, 5.41) is 11.9. The average Bonchev–Trinajstić information content (AvgIpc) is 3.55. The Balaban J connectivity index is 1.30. The first-order chi connectivity index (χ1) is 15.5. The van der Waals surface area contributed by atoms with Gasteiger partial charge in [0.15, 0.2) is 11.5 Å². The summed E-state index contributed by atoms with van der Waals surface area (Å²) in [5.74, 6) is 0.749. The van der Waals surface area contributed by atoms with E-state index in [9.17, 15) is 13.2 Å². The normalized spacial score (nSPS) is 14.8. The van der Waals surface area contributed by atoms with E-state index < -0.39 is 11.7 Å². The molecule has 1 aromatic carbocycles. The van der Waals surface area contributed by atoms with Crippen molar-refractivity contribution in [3.8, 4) is 28.8 Å². The minimum Gasteiger partial charge on any atom is -0.332 e. The van der Waals surface area contributed by atoms with Crippen molar-refractivity contribution in [3.63, 3.8) is 0 Å². The van der Waals surface area contributed by atoms with Gasteiger partial charge in [0.1, 0.15) is 0 Å². The topological polar surface area (TPSA) is 85.8 Å². The number of pyridine rings is 1. The lowest BCUT2D eigenvalue weighted by atomic mass is 10.1. The zero-order valence-electron chi connectivity index (χ0n) is 16.8. The minimum atomic E-state index is -4.45. The lowest BCUT2D eigenvalue weighted by Gasteiger charge is -2.14. The predicted octanol–water partition coefficient (Wildman–Crippen LogP) is 3.99. The summed E-state index contributed by atoms with van der Waals surface area (Å²) in [6.45, 7) is 3.20. The summed E-state index contributed by atoms with van der Waals surface area (Å²) in [4.78, 5) is 10.6. The van der Waals surface area contributed by atoms with Gasteiger partial charge in [-0.3, -0.25) is 4.90 Å². The van der Waals surface area contributed by atoms with Gasteiger partial charge in [0.2, 0.25) is 5.82 Å². The van der Waals surface area contributed by atoms with Crippen molar-refractivity contribution < 1.29 is 17.7 Å². The van der Waals surface area contributed by atoms with Crippen LogP contribution in [0.25, 0.3) is 28.8 Å². The third-order valence-corrected chi connectivity index (χ3v) is 5.27. The van der Waals surface area contributed by atoms with Crippen LogP contribution in [0.4, 0.5) is 13.2 Å². The van der Waals surface area contributed by atoms with Gasteiger partial charge in [0.25, 0.3) is 5.89 Å². The smallest absolute Gasteiger partial charge is 0.332 e. The SMILES string of the molecule is FC(F)(F)c1ccc(-n2cc(-c3nc(-c4ccc(CN5CCCC5)cc4)no3)nn2)nc1. The molecule has 0 unspecified atom stereocenters. The quantitative estimate of drug-likeness (QED) is 0.463. The highest BCUT2D eigenvalue weighted by Gasteiger charge is 2.30. The number of benzene rings is 1. The zero-order chi connectivity index (χ0) is 22.1. The van der Waals surface area contributed by atoms with Gasteiger partial charge in [-0.2, -0.15) is 18.2 Å². The molecule has 4 aromatic rings. The van der Waals surface area contributed by atoms with Gasteiger partial charge in [-0.25, -0.2) is 9.67 Å². The first-order valence-electron chi connectivity index (χ1n) is 10.1. The third kappa shape index (κ3) is 4.24. The van der Waals surface area contributed by atoms with E-state index in [1.54, 1.807) is 0 Å². The van der Waals surface area contributed by atoms with Crippen molar-refractivity contribution in [1.29, 1.82) is 0 Å². The van der Waals surface area contributed by atoms with Gasteiger partial charge >= 0.3 is 6.18 Å². The molecule has 1 aliphatic rings. The van der Waals surface area contributed by atoms with E-state index in [0.29, 0.717) is 5.82 Å². The number of hydrogen-bond acceptors (Lipinski definition) is 7. The Kier molecular flexibility index (Phi) is 5.17. The lowest BCUT2D eigenvalue weighted by molar-refractivity contribution is -0.137. The fraction of sp³-hybridized carbons (Fsp3) is 0.286. The molecule has 0 N–H and O–H groups in total. The molecule has 0 aliphatic carbocycles. The summed E-state index contributed by atoms with van der Waals surface area (Å²) < 4.78 is 44.6. The third-order valence-electron chi connectivity index (χ3n) is 5.27. The largest absolute Gasteiger partial charge is 0.417 e. The number of rotatable bonds is 5. The molecule has 0 atom stereocenters. The number of halogens is 3. The van der Waals surface area contributed by atoms with Crippen LogP contribution in [0, 0.1) is 0 Å². The van der Waals surface area contributed by atoms with Crippen LogP contribution in [-0.4, -0.2) is 48.1 Å². The Morgan fingerprint density at radius 2 is 1.78 bits per heavy atom. The van der Waals surface area contributed by atoms with Crippen molar-refractivity contribution >= 4 is 0 Å². The van der Waals surface area contributed by atoms with Gasteiger partial charge in [0, 0.05) is 18.3 Å². The van der Waals surface area contributed by atoms with Crippen LogP contribution in [0.15, 0.2) is 53.3 Å². The average molecular weight is 441 g/mol. The predicted molar refractivity (Wildman–Crippen MR) is 107 cm³/mol. The van der Waals surface area contributed by atoms with E-state index >= 15 is 0 Å². The van der Waals surface area contributed by atoms with Gasteiger partial charge in [-0.05, 0) is 43.6 Å². The van der Waals surface area contributed by atoms with Gasteiger partial charge < -0.3 is 4.52 Å². The maximum Gasteiger partial charge on any atom is 0.417 e. The molecular weight excluding hydrogens is 423 g/mol. The molecule has 11 heteroatoms. The van der Waals surface area contributed by atoms with Gasteiger partial charge in [-0.1, -0.05) is 34.6 Å². The van der Waals surface area contributed by atoms with E-state index in [1.807, 2.05) is 12.1 Å². The summed E-state index contributed by atoms with van der Waals surface area (Å²) in [7, 11) is 0. The first-order valence-corrected chi connectivity index (χ1v) is 10.1. The second-order valence-electron chi connectivity index (χ2n) is 7.55. The number of aromatic nitrogens is 6. The Labute approximate surface area is 180 Å². The van der Waals surface area contributed by atoms with Gasteiger partial charge in [0.05, 0.1) is 11.8 Å². The zero-order valence-corrected chi connectivity index (χ0v) is 16.8. The Bertz CT molecular complexity index is 1190. The Morgan fingerprint density at radius 1 is 1.00 bits per heavy atom. The van der Waals surface area contributed by atoms with E-state index in [1.165, 1.54) is 35.4 Å². The summed E-state index contributed by atoms with van der Waals surface area (Å²) in [6.07, 6.45) is 0.263. The number of likely N-dealkylation sites (tertiary alicyclic amines) is 1. The van der Waals surface area contributed by atoms with Crippen LogP contribution in [0.1, 0.15) is 24.0 Å². The minimum absolute atomic E-state index is 0.152. The first kappa shape index (κ1) is 20.3. The van der Waals surface area contributed by atoms with E-state index in [4.69, 9.17) is 4.52 Å². The van der Waals surface area contributed by atoms with Crippen molar-refractivity contribution in [2.45, 2.75) is 25.6 Å². The van der Waals surface area contributed by atoms with E-state index in [2.05, 4.69) is 42.5 Å². The summed E-state index contributed by atoms with van der Waals surface area (Å²) in [5.41, 5.74) is 1.49. The maximum atomic E-state index is 12.7. The molecule has 32 heavy (non-hydrogen) atoms. The molecule has 3 aromatic heterocycles. The maximum absolute atomic E-state index is 12.7. The van der Waals surface area contributed by atoms with Crippen LogP contribution in [0.5, 0.6) is 0 Å². The van der Waals surface area contributed by atoms with Crippen LogP contribution in [-0.2, 0) is 12.7 Å². The molecule has 1 saturated heterocycles. The van der Waals surface area contributed by atoms with Crippen molar-refractivity contribution in [2.24, 2.45) is 0 Å². The van der Waals surface area contributed by atoms with Crippen molar-refractivity contribution in [2.75, 3.05) is 13.1 Å². The molecule has 8 nitrogen and oxygen atoms in total. The second kappa shape index (κ2) is 8.15. The highest BCUT2D eigenvalue weighted by atomic mass is 19.4. The van der Waals surface area contributed by atoms with Crippen molar-refractivity contribution in [1.82, 2.24) is 35.0 Å². The number of nitrogens with zero attached hydrogens (tertiary/aromatic N) is 7. The molecule has 0 amide bonds. The molecule has 0 saturated carbocycles. The monoisotopic (exact) mass is 441 g/mol. The summed E-state index contributed by atoms with van der Waals surface area (Å²) in [6, 6.07) is 10.1. The molecule has 0 bridgehead atoms.